The fourth-order valence-electron chi connectivity index (χ4n) is 4.03. The largest absolute Gasteiger partial charge is 0.356 e. The number of hydrogen-bond donors (Lipinski definition) is 2. The lowest BCUT2D eigenvalue weighted by atomic mass is 10.2. The standard InChI is InChI=1S/C22H31N5O3S2/c28-22(21-16-20(17-24-21)32(29,30)27-12-14-31-15-13-27)23-6-7-25-8-10-26(11-9-25)18-19-4-2-1-3-5-19/h1-5,16-17,24H,6-15,18H2,(H,23,28). The predicted octanol–water partition coefficient (Wildman–Crippen LogP) is 1.30. The zero-order chi connectivity index (χ0) is 22.4. The number of thioether (sulfide) groups is 1. The van der Waals surface area contributed by atoms with E-state index in [0.29, 0.717) is 19.6 Å². The van der Waals surface area contributed by atoms with Gasteiger partial charge in [0.2, 0.25) is 10.0 Å². The Labute approximate surface area is 194 Å². The first-order valence-electron chi connectivity index (χ1n) is 11.1. The summed E-state index contributed by atoms with van der Waals surface area (Å²) >= 11 is 1.76. The number of nitrogens with zero attached hydrogens (tertiary/aromatic N) is 3. The van der Waals surface area contributed by atoms with Gasteiger partial charge in [0.15, 0.2) is 0 Å². The van der Waals surface area contributed by atoms with Crippen molar-refractivity contribution < 1.29 is 13.2 Å². The summed E-state index contributed by atoms with van der Waals surface area (Å²) in [5.41, 5.74) is 1.61. The third-order valence-corrected chi connectivity index (χ3v) is 8.76. The Kier molecular flexibility index (Phi) is 7.90. The molecule has 1 aromatic carbocycles. The summed E-state index contributed by atoms with van der Waals surface area (Å²) in [6.45, 7) is 7.27. The molecule has 2 N–H and O–H groups in total. The van der Waals surface area contributed by atoms with E-state index in [1.165, 1.54) is 22.1 Å². The summed E-state index contributed by atoms with van der Waals surface area (Å²) in [5, 5.41) is 2.90. The average Bonchev–Trinajstić information content (AvgIpc) is 3.33. The minimum Gasteiger partial charge on any atom is -0.356 e. The molecule has 2 fully saturated rings. The predicted molar refractivity (Wildman–Crippen MR) is 127 cm³/mol. The number of aromatic nitrogens is 1. The van der Waals surface area contributed by atoms with Gasteiger partial charge in [-0.2, -0.15) is 16.1 Å². The fourth-order valence-corrected chi connectivity index (χ4v) is 6.60. The SMILES string of the molecule is O=C(NCCN1CCN(Cc2ccccc2)CC1)c1cc(S(=O)(=O)N2CCSCC2)c[nH]1. The molecule has 0 spiro atoms. The molecule has 1 aromatic heterocycles. The summed E-state index contributed by atoms with van der Waals surface area (Å²) < 4.78 is 27.0. The number of carbonyl (C=O) groups is 1. The van der Waals surface area contributed by atoms with Crippen molar-refractivity contribution in [1.29, 1.82) is 0 Å². The number of benzene rings is 1. The maximum absolute atomic E-state index is 12.7. The molecule has 0 bridgehead atoms. The molecule has 1 amide bonds. The molecule has 4 rings (SSSR count). The van der Waals surface area contributed by atoms with Crippen molar-refractivity contribution in [2.45, 2.75) is 11.4 Å². The van der Waals surface area contributed by atoms with Crippen LogP contribution in [0, 0.1) is 0 Å². The van der Waals surface area contributed by atoms with E-state index >= 15 is 0 Å². The molecule has 8 nitrogen and oxygen atoms in total. The Hall–Kier alpha value is -1.85. The summed E-state index contributed by atoms with van der Waals surface area (Å²) in [6.07, 6.45) is 1.41. The third-order valence-electron chi connectivity index (χ3n) is 5.94. The molecular formula is C22H31N5O3S2. The van der Waals surface area contributed by atoms with Gasteiger partial charge in [-0.05, 0) is 11.6 Å². The molecule has 3 heterocycles. The van der Waals surface area contributed by atoms with E-state index in [1.807, 2.05) is 6.07 Å². The number of H-pyrrole nitrogens is 1. The van der Waals surface area contributed by atoms with Crippen LogP contribution in [0.4, 0.5) is 0 Å². The summed E-state index contributed by atoms with van der Waals surface area (Å²) in [5.74, 6) is 1.33. The van der Waals surface area contributed by atoms with Gasteiger partial charge in [0, 0.05) is 76.6 Å². The molecule has 174 valence electrons. The molecule has 32 heavy (non-hydrogen) atoms. The minimum atomic E-state index is -3.54. The average molecular weight is 478 g/mol. The molecule has 2 saturated heterocycles. The van der Waals surface area contributed by atoms with Crippen molar-refractivity contribution in [2.24, 2.45) is 0 Å². The molecule has 2 aromatic rings. The van der Waals surface area contributed by atoms with Crippen LogP contribution in [0.25, 0.3) is 0 Å². The van der Waals surface area contributed by atoms with Gasteiger partial charge in [-0.1, -0.05) is 30.3 Å². The number of aromatic amines is 1. The number of amides is 1. The summed E-state index contributed by atoms with van der Waals surface area (Å²) in [6, 6.07) is 11.9. The maximum atomic E-state index is 12.7. The molecule has 10 heteroatoms. The quantitative estimate of drug-likeness (QED) is 0.596. The molecule has 0 radical (unpaired) electrons. The van der Waals surface area contributed by atoms with E-state index in [0.717, 1.165) is 50.8 Å². The molecular weight excluding hydrogens is 446 g/mol. The van der Waals surface area contributed by atoms with Gasteiger partial charge in [-0.25, -0.2) is 8.42 Å². The second kappa shape index (κ2) is 10.8. The van der Waals surface area contributed by atoms with Crippen LogP contribution in [0.5, 0.6) is 0 Å². The Morgan fingerprint density at radius 3 is 2.41 bits per heavy atom. The Morgan fingerprint density at radius 2 is 1.69 bits per heavy atom. The molecule has 0 aliphatic carbocycles. The highest BCUT2D eigenvalue weighted by Gasteiger charge is 2.27. The molecule has 0 unspecified atom stereocenters. The van der Waals surface area contributed by atoms with E-state index in [2.05, 4.69) is 44.4 Å². The van der Waals surface area contributed by atoms with Crippen LogP contribution in [0.1, 0.15) is 16.1 Å². The van der Waals surface area contributed by atoms with Crippen molar-refractivity contribution >= 4 is 27.7 Å². The lowest BCUT2D eigenvalue weighted by molar-refractivity contribution is 0.0930. The second-order valence-electron chi connectivity index (χ2n) is 8.12. The van der Waals surface area contributed by atoms with Crippen LogP contribution in [-0.4, -0.2) is 97.3 Å². The molecule has 0 atom stereocenters. The van der Waals surface area contributed by atoms with Gasteiger partial charge in [0.05, 0.1) is 0 Å². The normalized spacial score (nSPS) is 19.1. The van der Waals surface area contributed by atoms with E-state index in [4.69, 9.17) is 0 Å². The number of piperazine rings is 1. The fraction of sp³-hybridized carbons (Fsp3) is 0.500. The zero-order valence-electron chi connectivity index (χ0n) is 18.2. The van der Waals surface area contributed by atoms with E-state index in [9.17, 15) is 13.2 Å². The number of carbonyl (C=O) groups excluding carboxylic acids is 1. The van der Waals surface area contributed by atoms with E-state index in [1.54, 1.807) is 11.8 Å². The Balaban J connectivity index is 1.20. The van der Waals surface area contributed by atoms with Crippen LogP contribution in [0.15, 0.2) is 47.5 Å². The smallest absolute Gasteiger partial charge is 0.267 e. The lowest BCUT2D eigenvalue weighted by Gasteiger charge is -2.34. The molecule has 2 aliphatic rings. The van der Waals surface area contributed by atoms with Crippen LogP contribution < -0.4 is 5.32 Å². The Morgan fingerprint density at radius 1 is 1.00 bits per heavy atom. The van der Waals surface area contributed by atoms with Gasteiger partial charge < -0.3 is 10.3 Å². The first kappa shape index (κ1) is 23.3. The van der Waals surface area contributed by atoms with E-state index in [-0.39, 0.29) is 16.5 Å². The first-order valence-corrected chi connectivity index (χ1v) is 13.6. The number of sulfonamides is 1. The highest BCUT2D eigenvalue weighted by atomic mass is 32.2. The first-order chi connectivity index (χ1) is 15.5. The Bertz CT molecular complexity index is 982. The van der Waals surface area contributed by atoms with Gasteiger partial charge in [-0.15, -0.1) is 0 Å². The van der Waals surface area contributed by atoms with Gasteiger partial charge in [0.1, 0.15) is 10.6 Å². The van der Waals surface area contributed by atoms with Crippen LogP contribution in [0.3, 0.4) is 0 Å². The van der Waals surface area contributed by atoms with Crippen molar-refractivity contribution in [3.63, 3.8) is 0 Å². The highest BCUT2D eigenvalue weighted by molar-refractivity contribution is 7.99. The molecule has 0 saturated carbocycles. The summed E-state index contributed by atoms with van der Waals surface area (Å²) in [7, 11) is -3.54. The number of nitrogens with one attached hydrogen (secondary N) is 2. The maximum Gasteiger partial charge on any atom is 0.267 e. The topological polar surface area (TPSA) is 88.8 Å². The number of hydrogen-bond acceptors (Lipinski definition) is 6. The van der Waals surface area contributed by atoms with Crippen LogP contribution in [-0.2, 0) is 16.6 Å². The van der Waals surface area contributed by atoms with Crippen LogP contribution >= 0.6 is 11.8 Å². The second-order valence-corrected chi connectivity index (χ2v) is 11.3. The van der Waals surface area contributed by atoms with Crippen molar-refractivity contribution in [3.8, 4) is 0 Å². The third kappa shape index (κ3) is 5.93. The summed E-state index contributed by atoms with van der Waals surface area (Å²) in [4.78, 5) is 20.3. The van der Waals surface area contributed by atoms with Crippen molar-refractivity contribution in [1.82, 2.24) is 24.4 Å². The van der Waals surface area contributed by atoms with Crippen LogP contribution in [0.2, 0.25) is 0 Å². The van der Waals surface area contributed by atoms with Gasteiger partial charge in [-0.3, -0.25) is 14.6 Å². The molecule has 2 aliphatic heterocycles. The minimum absolute atomic E-state index is 0.157. The number of rotatable bonds is 8. The zero-order valence-corrected chi connectivity index (χ0v) is 19.8. The van der Waals surface area contributed by atoms with Gasteiger partial charge in [0.25, 0.3) is 5.91 Å². The van der Waals surface area contributed by atoms with Crippen molar-refractivity contribution in [2.75, 3.05) is 63.9 Å². The monoisotopic (exact) mass is 477 g/mol. The highest BCUT2D eigenvalue weighted by Crippen LogP contribution is 2.20. The lowest BCUT2D eigenvalue weighted by Crippen LogP contribution is -2.48. The van der Waals surface area contributed by atoms with E-state index < -0.39 is 10.0 Å². The van der Waals surface area contributed by atoms with Gasteiger partial charge >= 0.3 is 0 Å². The van der Waals surface area contributed by atoms with Crippen molar-refractivity contribution in [3.05, 3.63) is 53.9 Å².